The molecule has 0 radical (unpaired) electrons. The number of carbonyl (C=O) groups is 3. The van der Waals surface area contributed by atoms with Gasteiger partial charge in [-0.1, -0.05) is 36.4 Å². The summed E-state index contributed by atoms with van der Waals surface area (Å²) in [5.74, 6) is -1.78. The number of nitrogens with zero attached hydrogens (tertiary/aromatic N) is 1. The number of rotatable bonds is 9. The Morgan fingerprint density at radius 2 is 1.87 bits per heavy atom. The predicted molar refractivity (Wildman–Crippen MR) is 109 cm³/mol. The zero-order valence-electron chi connectivity index (χ0n) is 15.9. The number of anilines is 1. The molecule has 0 aromatic heterocycles. The second kappa shape index (κ2) is 11.0. The summed E-state index contributed by atoms with van der Waals surface area (Å²) in [6.07, 6.45) is 1.43. The van der Waals surface area contributed by atoms with Crippen molar-refractivity contribution in [3.63, 3.8) is 0 Å². The minimum Gasteiger partial charge on any atom is -0.452 e. The molecule has 30 heavy (non-hydrogen) atoms. The molecule has 0 saturated heterocycles. The highest BCUT2D eigenvalue weighted by molar-refractivity contribution is 5.97. The minimum atomic E-state index is -0.936. The van der Waals surface area contributed by atoms with E-state index in [-0.39, 0.29) is 23.5 Å². The van der Waals surface area contributed by atoms with Crippen LogP contribution in [0.4, 0.5) is 16.2 Å². The highest BCUT2D eigenvalue weighted by Crippen LogP contribution is 2.26. The lowest BCUT2D eigenvalue weighted by molar-refractivity contribution is -0.384. The maximum Gasteiger partial charge on any atom is 0.338 e. The summed E-state index contributed by atoms with van der Waals surface area (Å²) in [6, 6.07) is 12.3. The van der Waals surface area contributed by atoms with Crippen LogP contribution in [-0.2, 0) is 16.1 Å². The molecule has 0 saturated carbocycles. The molecule has 0 aliphatic carbocycles. The normalized spacial score (nSPS) is 9.87. The largest absolute Gasteiger partial charge is 0.452 e. The van der Waals surface area contributed by atoms with Crippen molar-refractivity contribution in [2.24, 2.45) is 0 Å². The monoisotopic (exact) mass is 412 g/mol. The Morgan fingerprint density at radius 3 is 2.53 bits per heavy atom. The van der Waals surface area contributed by atoms with Crippen molar-refractivity contribution in [1.82, 2.24) is 10.6 Å². The summed E-state index contributed by atoms with van der Waals surface area (Å²) < 4.78 is 4.80. The molecule has 10 heteroatoms. The van der Waals surface area contributed by atoms with Crippen LogP contribution in [0, 0.1) is 10.1 Å². The van der Waals surface area contributed by atoms with Crippen LogP contribution in [0.2, 0.25) is 0 Å². The van der Waals surface area contributed by atoms with Crippen LogP contribution in [0.1, 0.15) is 15.9 Å². The molecular weight excluding hydrogens is 392 g/mol. The van der Waals surface area contributed by atoms with Gasteiger partial charge in [-0.2, -0.15) is 0 Å². The first-order valence-corrected chi connectivity index (χ1v) is 8.82. The molecule has 10 nitrogen and oxygen atoms in total. The first-order valence-electron chi connectivity index (χ1n) is 8.82. The van der Waals surface area contributed by atoms with Crippen LogP contribution in [0.25, 0.3) is 0 Å². The fourth-order valence-electron chi connectivity index (χ4n) is 2.34. The number of hydrogen-bond acceptors (Lipinski definition) is 7. The highest BCUT2D eigenvalue weighted by Gasteiger charge is 2.19. The summed E-state index contributed by atoms with van der Waals surface area (Å²) in [6.45, 7) is 3.21. The van der Waals surface area contributed by atoms with E-state index in [2.05, 4.69) is 17.2 Å². The molecule has 0 aliphatic heterocycles. The lowest BCUT2D eigenvalue weighted by atomic mass is 10.1. The van der Waals surface area contributed by atoms with E-state index in [1.165, 1.54) is 18.2 Å². The van der Waals surface area contributed by atoms with Gasteiger partial charge < -0.3 is 15.4 Å². The fraction of sp³-hybridized carbons (Fsp3) is 0.150. The number of imide groups is 1. The molecular formula is C20H20N4O6. The van der Waals surface area contributed by atoms with E-state index < -0.39 is 29.4 Å². The van der Waals surface area contributed by atoms with Gasteiger partial charge >= 0.3 is 12.0 Å². The third-order valence-corrected chi connectivity index (χ3v) is 3.75. The van der Waals surface area contributed by atoms with Crippen molar-refractivity contribution >= 4 is 29.3 Å². The molecule has 2 rings (SSSR count). The zero-order valence-corrected chi connectivity index (χ0v) is 15.9. The standard InChI is InChI=1S/C20H20N4O6/c1-2-10-21-20(27)23-18(25)13-30-19(26)15-8-9-16(17(11-15)24(28)29)22-12-14-6-4-3-5-7-14/h2-9,11,22H,1,10,12-13H2,(H2,21,23,25,27). The van der Waals surface area contributed by atoms with Crippen molar-refractivity contribution in [3.05, 3.63) is 82.4 Å². The van der Waals surface area contributed by atoms with Gasteiger partial charge in [-0.05, 0) is 17.7 Å². The lowest BCUT2D eigenvalue weighted by Crippen LogP contribution is -2.41. The van der Waals surface area contributed by atoms with Gasteiger partial charge in [0.05, 0.1) is 10.5 Å². The predicted octanol–water partition coefficient (Wildman–Crippen LogP) is 2.38. The topological polar surface area (TPSA) is 140 Å². The van der Waals surface area contributed by atoms with Gasteiger partial charge in [-0.25, -0.2) is 9.59 Å². The minimum absolute atomic E-state index is 0.101. The number of nitrogens with one attached hydrogen (secondary N) is 3. The van der Waals surface area contributed by atoms with E-state index in [0.29, 0.717) is 6.54 Å². The third-order valence-electron chi connectivity index (χ3n) is 3.75. The van der Waals surface area contributed by atoms with E-state index in [0.717, 1.165) is 11.6 Å². The third kappa shape index (κ3) is 6.75. The summed E-state index contributed by atoms with van der Waals surface area (Å²) in [4.78, 5) is 45.8. The molecule has 0 atom stereocenters. The summed E-state index contributed by atoms with van der Waals surface area (Å²) in [7, 11) is 0. The van der Waals surface area contributed by atoms with Crippen molar-refractivity contribution in [2.45, 2.75) is 6.54 Å². The van der Waals surface area contributed by atoms with Gasteiger partial charge in [0.15, 0.2) is 6.61 Å². The number of nitro benzene ring substituents is 1. The first-order chi connectivity index (χ1) is 14.4. The molecule has 0 aliphatic rings. The molecule has 2 aromatic carbocycles. The molecule has 0 fully saturated rings. The number of ether oxygens (including phenoxy) is 1. The smallest absolute Gasteiger partial charge is 0.338 e. The van der Waals surface area contributed by atoms with Crippen LogP contribution >= 0.6 is 0 Å². The second-order valence-electron chi connectivity index (χ2n) is 5.95. The molecule has 0 bridgehead atoms. The fourth-order valence-corrected chi connectivity index (χ4v) is 2.34. The van der Waals surface area contributed by atoms with Gasteiger partial charge in [-0.3, -0.25) is 20.2 Å². The molecule has 156 valence electrons. The average Bonchev–Trinajstić information content (AvgIpc) is 2.75. The Kier molecular flexibility index (Phi) is 8.06. The van der Waals surface area contributed by atoms with Crippen molar-refractivity contribution in [3.8, 4) is 0 Å². The summed E-state index contributed by atoms with van der Waals surface area (Å²) in [5, 5.41) is 18.6. The van der Waals surface area contributed by atoms with E-state index in [1.807, 2.05) is 35.6 Å². The number of benzene rings is 2. The average molecular weight is 412 g/mol. The Labute approximate surface area is 172 Å². The number of amides is 3. The van der Waals surface area contributed by atoms with E-state index in [4.69, 9.17) is 4.74 Å². The highest BCUT2D eigenvalue weighted by atomic mass is 16.6. The summed E-state index contributed by atoms with van der Waals surface area (Å²) in [5.41, 5.74) is 0.750. The van der Waals surface area contributed by atoms with E-state index in [1.54, 1.807) is 0 Å². The molecule has 2 aromatic rings. The van der Waals surface area contributed by atoms with Gasteiger partial charge in [0.25, 0.3) is 11.6 Å². The number of urea groups is 1. The first kappa shape index (κ1) is 22.1. The van der Waals surface area contributed by atoms with E-state index >= 15 is 0 Å². The Hall–Kier alpha value is -4.21. The van der Waals surface area contributed by atoms with E-state index in [9.17, 15) is 24.5 Å². The van der Waals surface area contributed by atoms with Crippen LogP contribution in [0.15, 0.2) is 61.2 Å². The lowest BCUT2D eigenvalue weighted by Gasteiger charge is -2.09. The Bertz CT molecular complexity index is 946. The van der Waals surface area contributed by atoms with Crippen molar-refractivity contribution < 1.29 is 24.0 Å². The maximum absolute atomic E-state index is 12.1. The van der Waals surface area contributed by atoms with Crippen LogP contribution in [0.3, 0.4) is 0 Å². The Morgan fingerprint density at radius 1 is 1.13 bits per heavy atom. The zero-order chi connectivity index (χ0) is 21.9. The SMILES string of the molecule is C=CCNC(=O)NC(=O)COC(=O)c1ccc(NCc2ccccc2)c([N+](=O)[O-])c1. The molecule has 3 amide bonds. The van der Waals surface area contributed by atoms with Crippen molar-refractivity contribution in [1.29, 1.82) is 0 Å². The Balaban J connectivity index is 1.98. The van der Waals surface area contributed by atoms with Gasteiger partial charge in [0.1, 0.15) is 5.69 Å². The van der Waals surface area contributed by atoms with Gasteiger partial charge in [-0.15, -0.1) is 6.58 Å². The number of carbonyl (C=O) groups excluding carboxylic acids is 3. The van der Waals surface area contributed by atoms with Crippen LogP contribution in [-0.4, -0.2) is 36.0 Å². The van der Waals surface area contributed by atoms with Crippen LogP contribution < -0.4 is 16.0 Å². The molecule has 0 spiro atoms. The number of esters is 1. The van der Waals surface area contributed by atoms with Gasteiger partial charge in [0, 0.05) is 19.2 Å². The molecule has 0 unspecified atom stereocenters. The summed E-state index contributed by atoms with van der Waals surface area (Å²) >= 11 is 0. The molecule has 0 heterocycles. The van der Waals surface area contributed by atoms with Crippen LogP contribution in [0.5, 0.6) is 0 Å². The number of nitro groups is 1. The maximum atomic E-state index is 12.1. The van der Waals surface area contributed by atoms with Crippen molar-refractivity contribution in [2.75, 3.05) is 18.5 Å². The molecule has 3 N–H and O–H groups in total. The second-order valence-corrected chi connectivity index (χ2v) is 5.95. The quantitative estimate of drug-likeness (QED) is 0.249. The van der Waals surface area contributed by atoms with Gasteiger partial charge in [0.2, 0.25) is 0 Å². The number of hydrogen-bond donors (Lipinski definition) is 3.